The number of rotatable bonds is 3. The summed E-state index contributed by atoms with van der Waals surface area (Å²) in [7, 11) is 0. The van der Waals surface area contributed by atoms with Crippen molar-refractivity contribution in [2.24, 2.45) is 5.92 Å². The normalized spacial score (nSPS) is 17.1. The number of anilines is 1. The lowest BCUT2D eigenvalue weighted by molar-refractivity contribution is -0.145. The van der Waals surface area contributed by atoms with Crippen molar-refractivity contribution in [1.29, 1.82) is 5.26 Å². The van der Waals surface area contributed by atoms with E-state index in [1.54, 1.807) is 11.8 Å². The lowest BCUT2D eigenvalue weighted by atomic mass is 10.1. The number of imide groups is 1. The van der Waals surface area contributed by atoms with Gasteiger partial charge in [-0.1, -0.05) is 12.1 Å². The molecular weight excluding hydrogens is 254 g/mol. The molecule has 2 amide bonds. The van der Waals surface area contributed by atoms with Gasteiger partial charge in [-0.05, 0) is 31.5 Å². The Bertz CT molecular complexity index is 559. The van der Waals surface area contributed by atoms with Crippen molar-refractivity contribution in [3.05, 3.63) is 29.8 Å². The molecule has 1 atom stereocenters. The van der Waals surface area contributed by atoms with Crippen molar-refractivity contribution in [2.75, 3.05) is 24.5 Å². The Hall–Kier alpha value is -2.35. The number of carbonyl (C=O) groups excluding carboxylic acids is 2. The molecule has 1 aromatic rings. The maximum atomic E-state index is 12.1. The van der Waals surface area contributed by atoms with Gasteiger partial charge in [-0.25, -0.2) is 0 Å². The van der Waals surface area contributed by atoms with E-state index in [2.05, 4.69) is 0 Å². The van der Waals surface area contributed by atoms with Crippen molar-refractivity contribution < 1.29 is 9.59 Å². The number of piperazine rings is 1. The first-order valence-electron chi connectivity index (χ1n) is 6.55. The lowest BCUT2D eigenvalue weighted by Crippen LogP contribution is -2.55. The summed E-state index contributed by atoms with van der Waals surface area (Å²) in [5.41, 5.74) is 1.96. The predicted molar refractivity (Wildman–Crippen MR) is 74.9 cm³/mol. The topological polar surface area (TPSA) is 64.4 Å². The first-order valence-corrected chi connectivity index (χ1v) is 6.55. The van der Waals surface area contributed by atoms with Crippen LogP contribution in [0, 0.1) is 24.2 Å². The molecule has 5 nitrogen and oxygen atoms in total. The van der Waals surface area contributed by atoms with Crippen LogP contribution in [0.5, 0.6) is 0 Å². The van der Waals surface area contributed by atoms with Gasteiger partial charge in [-0.2, -0.15) is 5.26 Å². The van der Waals surface area contributed by atoms with Crippen LogP contribution in [0.25, 0.3) is 0 Å². The number of hydrogen-bond donors (Lipinski definition) is 0. The summed E-state index contributed by atoms with van der Waals surface area (Å²) in [4.78, 5) is 27.1. The first-order chi connectivity index (χ1) is 9.51. The molecule has 104 valence electrons. The van der Waals surface area contributed by atoms with Gasteiger partial charge in [0.05, 0.1) is 25.1 Å². The van der Waals surface area contributed by atoms with E-state index in [0.29, 0.717) is 0 Å². The number of benzene rings is 1. The number of amides is 2. The quantitative estimate of drug-likeness (QED) is 0.778. The van der Waals surface area contributed by atoms with Gasteiger partial charge in [-0.15, -0.1) is 0 Å². The number of nitrogens with zero attached hydrogens (tertiary/aromatic N) is 3. The molecule has 0 aromatic heterocycles. The van der Waals surface area contributed by atoms with E-state index in [0.717, 1.165) is 11.3 Å². The molecule has 1 heterocycles. The fourth-order valence-electron chi connectivity index (χ4n) is 2.22. The number of carbonyl (C=O) groups is 2. The summed E-state index contributed by atoms with van der Waals surface area (Å²) >= 11 is 0. The molecule has 0 bridgehead atoms. The number of aryl methyl sites for hydroxylation is 1. The molecule has 1 fully saturated rings. The van der Waals surface area contributed by atoms with Crippen LogP contribution < -0.4 is 4.90 Å². The maximum Gasteiger partial charge on any atom is 0.248 e. The van der Waals surface area contributed by atoms with Gasteiger partial charge in [-0.3, -0.25) is 14.5 Å². The summed E-state index contributed by atoms with van der Waals surface area (Å²) in [6.07, 6.45) is 0. The molecular formula is C15H17N3O2. The van der Waals surface area contributed by atoms with E-state index in [-0.39, 0.29) is 37.4 Å². The van der Waals surface area contributed by atoms with Crippen LogP contribution in [0.3, 0.4) is 0 Å². The Morgan fingerprint density at radius 3 is 2.50 bits per heavy atom. The monoisotopic (exact) mass is 271 g/mol. The Balaban J connectivity index is 2.12. The molecule has 2 rings (SSSR count). The second-order valence-corrected chi connectivity index (χ2v) is 5.12. The van der Waals surface area contributed by atoms with Crippen molar-refractivity contribution in [2.45, 2.75) is 13.8 Å². The Kier molecular flexibility index (Phi) is 4.04. The largest absolute Gasteiger partial charge is 0.353 e. The smallest absolute Gasteiger partial charge is 0.248 e. The van der Waals surface area contributed by atoms with Crippen molar-refractivity contribution in [1.82, 2.24) is 4.90 Å². The third kappa shape index (κ3) is 2.97. The zero-order valence-electron chi connectivity index (χ0n) is 11.7. The van der Waals surface area contributed by atoms with Crippen LogP contribution in [-0.2, 0) is 9.59 Å². The van der Waals surface area contributed by atoms with Gasteiger partial charge < -0.3 is 4.90 Å². The summed E-state index contributed by atoms with van der Waals surface area (Å²) in [5, 5.41) is 8.79. The molecule has 1 aromatic carbocycles. The molecule has 0 radical (unpaired) electrons. The SMILES string of the molecule is Cc1cccc(N2CC(=O)N(CC(C)C#N)C(=O)C2)c1. The Morgan fingerprint density at radius 2 is 1.95 bits per heavy atom. The molecule has 5 heteroatoms. The minimum atomic E-state index is -0.339. The molecule has 0 aliphatic carbocycles. The third-order valence-corrected chi connectivity index (χ3v) is 3.30. The van der Waals surface area contributed by atoms with Crippen LogP contribution in [-0.4, -0.2) is 36.3 Å². The van der Waals surface area contributed by atoms with E-state index in [9.17, 15) is 9.59 Å². The fraction of sp³-hybridized carbons (Fsp3) is 0.400. The highest BCUT2D eigenvalue weighted by Gasteiger charge is 2.31. The van der Waals surface area contributed by atoms with Gasteiger partial charge in [0.25, 0.3) is 0 Å². The molecule has 1 aliphatic heterocycles. The first kappa shape index (κ1) is 14.1. The second-order valence-electron chi connectivity index (χ2n) is 5.12. The molecule has 0 N–H and O–H groups in total. The summed E-state index contributed by atoms with van der Waals surface area (Å²) in [6.45, 7) is 4.20. The Labute approximate surface area is 118 Å². The molecule has 0 saturated carbocycles. The number of hydrogen-bond acceptors (Lipinski definition) is 4. The molecule has 20 heavy (non-hydrogen) atoms. The van der Waals surface area contributed by atoms with Crippen LogP contribution in [0.1, 0.15) is 12.5 Å². The number of nitriles is 1. The van der Waals surface area contributed by atoms with Crippen molar-refractivity contribution in [3.8, 4) is 6.07 Å². The zero-order chi connectivity index (χ0) is 14.7. The summed E-state index contributed by atoms with van der Waals surface area (Å²) < 4.78 is 0. The van der Waals surface area contributed by atoms with Crippen LogP contribution in [0.15, 0.2) is 24.3 Å². The highest BCUT2D eigenvalue weighted by molar-refractivity contribution is 6.02. The van der Waals surface area contributed by atoms with Gasteiger partial charge >= 0.3 is 0 Å². The van der Waals surface area contributed by atoms with E-state index in [4.69, 9.17) is 5.26 Å². The molecule has 1 saturated heterocycles. The Morgan fingerprint density at radius 1 is 1.30 bits per heavy atom. The molecule has 1 aliphatic rings. The second kappa shape index (κ2) is 5.74. The average Bonchev–Trinajstić information content (AvgIpc) is 2.42. The molecule has 0 spiro atoms. The van der Waals surface area contributed by atoms with Gasteiger partial charge in [0, 0.05) is 12.2 Å². The third-order valence-electron chi connectivity index (χ3n) is 3.30. The van der Waals surface area contributed by atoms with E-state index in [1.807, 2.05) is 37.3 Å². The van der Waals surface area contributed by atoms with Crippen LogP contribution >= 0.6 is 0 Å². The predicted octanol–water partition coefficient (Wildman–Crippen LogP) is 1.33. The van der Waals surface area contributed by atoms with E-state index in [1.165, 1.54) is 4.90 Å². The highest BCUT2D eigenvalue weighted by Crippen LogP contribution is 2.19. The minimum Gasteiger partial charge on any atom is -0.353 e. The molecule has 1 unspecified atom stereocenters. The summed E-state index contributed by atoms with van der Waals surface area (Å²) in [5.74, 6) is -0.830. The van der Waals surface area contributed by atoms with Crippen LogP contribution in [0.2, 0.25) is 0 Å². The zero-order valence-corrected chi connectivity index (χ0v) is 11.7. The minimum absolute atomic E-state index is 0.174. The van der Waals surface area contributed by atoms with E-state index >= 15 is 0 Å². The highest BCUT2D eigenvalue weighted by atomic mass is 16.2. The van der Waals surface area contributed by atoms with Gasteiger partial charge in [0.1, 0.15) is 0 Å². The van der Waals surface area contributed by atoms with Crippen molar-refractivity contribution in [3.63, 3.8) is 0 Å². The van der Waals surface area contributed by atoms with Crippen molar-refractivity contribution >= 4 is 17.5 Å². The van der Waals surface area contributed by atoms with Gasteiger partial charge in [0.15, 0.2) is 0 Å². The maximum absolute atomic E-state index is 12.1. The van der Waals surface area contributed by atoms with Crippen LogP contribution in [0.4, 0.5) is 5.69 Å². The van der Waals surface area contributed by atoms with Gasteiger partial charge in [0.2, 0.25) is 11.8 Å². The average molecular weight is 271 g/mol. The summed E-state index contributed by atoms with van der Waals surface area (Å²) in [6, 6.07) is 9.76. The van der Waals surface area contributed by atoms with E-state index < -0.39 is 0 Å². The fourth-order valence-corrected chi connectivity index (χ4v) is 2.22. The standard InChI is InChI=1S/C15H17N3O2/c1-11-4-3-5-13(6-11)17-9-14(19)18(15(20)10-17)8-12(2)7-16/h3-6,12H,8-10H2,1-2H3. The lowest BCUT2D eigenvalue weighted by Gasteiger charge is -2.34.